The second kappa shape index (κ2) is 15.5. The number of rotatable bonds is 14. The van der Waals surface area contributed by atoms with Crippen LogP contribution in [0.5, 0.6) is 0 Å². The van der Waals surface area contributed by atoms with E-state index < -0.39 is 0 Å². The molecule has 0 aliphatic rings. The Morgan fingerprint density at radius 3 is 2.05 bits per heavy atom. The Labute approximate surface area is 119 Å². The van der Waals surface area contributed by atoms with Crippen LogP contribution in [-0.4, -0.2) is 25.8 Å². The fourth-order valence-corrected chi connectivity index (χ4v) is 1.89. The Bertz CT molecular complexity index is 192. The molecular weight excluding hydrogens is 240 g/mol. The van der Waals surface area contributed by atoms with Gasteiger partial charge in [0.2, 0.25) is 0 Å². The SMILES string of the molecule is CCCCCCCOCCOC(=O)CCCCCC. The van der Waals surface area contributed by atoms with Gasteiger partial charge in [-0.1, -0.05) is 58.8 Å². The molecule has 0 fully saturated rings. The molecule has 0 spiro atoms. The molecule has 3 nitrogen and oxygen atoms in total. The molecule has 0 rings (SSSR count). The highest BCUT2D eigenvalue weighted by Crippen LogP contribution is 2.04. The highest BCUT2D eigenvalue weighted by molar-refractivity contribution is 5.69. The first-order valence-electron chi connectivity index (χ1n) is 8.04. The third-order valence-corrected chi connectivity index (χ3v) is 3.12. The van der Waals surface area contributed by atoms with Crippen LogP contribution in [0, 0.1) is 0 Å². The summed E-state index contributed by atoms with van der Waals surface area (Å²) < 4.78 is 10.5. The summed E-state index contributed by atoms with van der Waals surface area (Å²) in [6.45, 7) is 6.11. The predicted molar refractivity (Wildman–Crippen MR) is 79.3 cm³/mol. The van der Waals surface area contributed by atoms with Crippen molar-refractivity contribution in [3.63, 3.8) is 0 Å². The van der Waals surface area contributed by atoms with Crippen LogP contribution < -0.4 is 0 Å². The average molecular weight is 272 g/mol. The molecule has 0 saturated carbocycles. The number of carbonyl (C=O) groups excluding carboxylic acids is 1. The van der Waals surface area contributed by atoms with Crippen LogP contribution in [0.1, 0.15) is 78.1 Å². The van der Waals surface area contributed by atoms with Crippen molar-refractivity contribution in [1.29, 1.82) is 0 Å². The first kappa shape index (κ1) is 18.4. The van der Waals surface area contributed by atoms with E-state index in [1.54, 1.807) is 0 Å². The summed E-state index contributed by atoms with van der Waals surface area (Å²) in [7, 11) is 0. The monoisotopic (exact) mass is 272 g/mol. The highest BCUT2D eigenvalue weighted by atomic mass is 16.6. The fourth-order valence-electron chi connectivity index (χ4n) is 1.89. The van der Waals surface area contributed by atoms with Gasteiger partial charge in [0, 0.05) is 13.0 Å². The van der Waals surface area contributed by atoms with Gasteiger partial charge in [0.05, 0.1) is 6.61 Å². The van der Waals surface area contributed by atoms with Gasteiger partial charge in [0.1, 0.15) is 6.61 Å². The largest absolute Gasteiger partial charge is 0.463 e. The molecule has 0 unspecified atom stereocenters. The van der Waals surface area contributed by atoms with Gasteiger partial charge in [-0.2, -0.15) is 0 Å². The van der Waals surface area contributed by atoms with Crippen LogP contribution in [0.15, 0.2) is 0 Å². The Kier molecular flexibility index (Phi) is 15.0. The molecule has 0 aromatic carbocycles. The fraction of sp³-hybridized carbons (Fsp3) is 0.938. The lowest BCUT2D eigenvalue weighted by Gasteiger charge is -2.06. The van der Waals surface area contributed by atoms with Crippen LogP contribution >= 0.6 is 0 Å². The van der Waals surface area contributed by atoms with E-state index in [1.807, 2.05) is 0 Å². The van der Waals surface area contributed by atoms with Gasteiger partial charge in [-0.15, -0.1) is 0 Å². The quantitative estimate of drug-likeness (QED) is 0.345. The zero-order chi connectivity index (χ0) is 14.2. The summed E-state index contributed by atoms with van der Waals surface area (Å²) in [5, 5.41) is 0. The lowest BCUT2D eigenvalue weighted by molar-refractivity contribution is -0.145. The minimum Gasteiger partial charge on any atom is -0.463 e. The van der Waals surface area contributed by atoms with E-state index in [0.717, 1.165) is 25.9 Å². The third-order valence-electron chi connectivity index (χ3n) is 3.12. The topological polar surface area (TPSA) is 35.5 Å². The third kappa shape index (κ3) is 15.4. The van der Waals surface area contributed by atoms with Crippen LogP contribution in [0.25, 0.3) is 0 Å². The maximum Gasteiger partial charge on any atom is 0.305 e. The van der Waals surface area contributed by atoms with Crippen LogP contribution in [0.4, 0.5) is 0 Å². The van der Waals surface area contributed by atoms with E-state index in [1.165, 1.54) is 38.5 Å². The average Bonchev–Trinajstić information content (AvgIpc) is 2.42. The van der Waals surface area contributed by atoms with Crippen molar-refractivity contribution < 1.29 is 14.3 Å². The summed E-state index contributed by atoms with van der Waals surface area (Å²) >= 11 is 0. The number of carbonyl (C=O) groups is 1. The lowest BCUT2D eigenvalue weighted by Crippen LogP contribution is -2.10. The molecule has 0 bridgehead atoms. The summed E-state index contributed by atoms with van der Waals surface area (Å²) in [5.41, 5.74) is 0. The number of ether oxygens (including phenoxy) is 2. The predicted octanol–water partition coefficient (Wildman–Crippen LogP) is 4.49. The molecular formula is C16H32O3. The summed E-state index contributed by atoms with van der Waals surface area (Å²) in [4.78, 5) is 11.3. The molecule has 0 N–H and O–H groups in total. The second-order valence-electron chi connectivity index (χ2n) is 5.06. The molecule has 0 amide bonds. The molecule has 0 radical (unpaired) electrons. The van der Waals surface area contributed by atoms with E-state index in [9.17, 15) is 4.79 Å². The standard InChI is InChI=1S/C16H32O3/c1-3-5-7-9-11-13-18-14-15-19-16(17)12-10-8-6-4-2/h3-15H2,1-2H3. The van der Waals surface area contributed by atoms with Crippen LogP contribution in [0.3, 0.4) is 0 Å². The Hall–Kier alpha value is -0.570. The molecule has 0 atom stereocenters. The summed E-state index contributed by atoms with van der Waals surface area (Å²) in [5.74, 6) is -0.0809. The normalized spacial score (nSPS) is 10.6. The summed E-state index contributed by atoms with van der Waals surface area (Å²) in [6, 6.07) is 0. The van der Waals surface area contributed by atoms with Gasteiger partial charge in [0.15, 0.2) is 0 Å². The number of unbranched alkanes of at least 4 members (excludes halogenated alkanes) is 7. The maximum atomic E-state index is 11.3. The number of esters is 1. The van der Waals surface area contributed by atoms with E-state index >= 15 is 0 Å². The Morgan fingerprint density at radius 2 is 1.37 bits per heavy atom. The molecule has 0 aromatic rings. The van der Waals surface area contributed by atoms with Gasteiger partial charge < -0.3 is 9.47 Å². The van der Waals surface area contributed by atoms with Crippen molar-refractivity contribution in [3.8, 4) is 0 Å². The van der Waals surface area contributed by atoms with Gasteiger partial charge in [-0.05, 0) is 12.8 Å². The first-order valence-corrected chi connectivity index (χ1v) is 8.04. The van der Waals surface area contributed by atoms with Gasteiger partial charge >= 0.3 is 5.97 Å². The van der Waals surface area contributed by atoms with Gasteiger partial charge in [-0.25, -0.2) is 0 Å². The minimum absolute atomic E-state index is 0.0809. The lowest BCUT2D eigenvalue weighted by atomic mass is 10.2. The Morgan fingerprint density at radius 1 is 0.737 bits per heavy atom. The van der Waals surface area contributed by atoms with E-state index in [-0.39, 0.29) is 5.97 Å². The van der Waals surface area contributed by atoms with Crippen molar-refractivity contribution in [3.05, 3.63) is 0 Å². The van der Waals surface area contributed by atoms with Crippen molar-refractivity contribution in [1.82, 2.24) is 0 Å². The first-order chi connectivity index (χ1) is 9.31. The Balaban J connectivity index is 3.10. The highest BCUT2D eigenvalue weighted by Gasteiger charge is 2.01. The molecule has 114 valence electrons. The molecule has 0 aliphatic heterocycles. The van der Waals surface area contributed by atoms with E-state index in [4.69, 9.17) is 9.47 Å². The molecule has 19 heavy (non-hydrogen) atoms. The van der Waals surface area contributed by atoms with Crippen LogP contribution in [0.2, 0.25) is 0 Å². The zero-order valence-corrected chi connectivity index (χ0v) is 12.9. The van der Waals surface area contributed by atoms with Crippen molar-refractivity contribution in [2.75, 3.05) is 19.8 Å². The van der Waals surface area contributed by atoms with Gasteiger partial charge in [-0.3, -0.25) is 4.79 Å². The van der Waals surface area contributed by atoms with Crippen LogP contribution in [-0.2, 0) is 14.3 Å². The smallest absolute Gasteiger partial charge is 0.305 e. The molecule has 0 heterocycles. The molecule has 0 aromatic heterocycles. The van der Waals surface area contributed by atoms with E-state index in [0.29, 0.717) is 19.6 Å². The molecule has 3 heteroatoms. The number of hydrogen-bond donors (Lipinski definition) is 0. The zero-order valence-electron chi connectivity index (χ0n) is 12.9. The molecule has 0 saturated heterocycles. The minimum atomic E-state index is -0.0809. The number of hydrogen-bond acceptors (Lipinski definition) is 3. The van der Waals surface area contributed by atoms with Crippen molar-refractivity contribution in [2.24, 2.45) is 0 Å². The van der Waals surface area contributed by atoms with Gasteiger partial charge in [0.25, 0.3) is 0 Å². The summed E-state index contributed by atoms with van der Waals surface area (Å²) in [6.07, 6.45) is 11.3. The van der Waals surface area contributed by atoms with E-state index in [2.05, 4.69) is 13.8 Å². The maximum absolute atomic E-state index is 11.3. The van der Waals surface area contributed by atoms with Crippen molar-refractivity contribution >= 4 is 5.97 Å². The van der Waals surface area contributed by atoms with Crippen molar-refractivity contribution in [2.45, 2.75) is 78.1 Å². The molecule has 0 aliphatic carbocycles. The second-order valence-corrected chi connectivity index (χ2v) is 5.06.